The second kappa shape index (κ2) is 7.44. The van der Waals surface area contributed by atoms with Crippen molar-refractivity contribution in [1.82, 2.24) is 9.71 Å². The van der Waals surface area contributed by atoms with E-state index in [1.54, 1.807) is 29.7 Å². The molecule has 0 radical (unpaired) electrons. The molecule has 1 atom stereocenters. The van der Waals surface area contributed by atoms with Crippen molar-refractivity contribution < 1.29 is 13.2 Å². The summed E-state index contributed by atoms with van der Waals surface area (Å²) in [4.78, 5) is 5.56. The Labute approximate surface area is 157 Å². The van der Waals surface area contributed by atoms with Crippen molar-refractivity contribution in [2.45, 2.75) is 23.8 Å². The van der Waals surface area contributed by atoms with Gasteiger partial charge in [0.05, 0.1) is 11.6 Å². The van der Waals surface area contributed by atoms with Gasteiger partial charge in [-0.15, -0.1) is 11.3 Å². The molecule has 26 heavy (non-hydrogen) atoms. The van der Waals surface area contributed by atoms with E-state index in [-0.39, 0.29) is 16.9 Å². The van der Waals surface area contributed by atoms with Gasteiger partial charge in [0.1, 0.15) is 4.90 Å². The van der Waals surface area contributed by atoms with Crippen molar-refractivity contribution in [2.24, 2.45) is 5.92 Å². The summed E-state index contributed by atoms with van der Waals surface area (Å²) in [5, 5.41) is 2.80. The van der Waals surface area contributed by atoms with Crippen LogP contribution in [-0.4, -0.2) is 26.6 Å². The summed E-state index contributed by atoms with van der Waals surface area (Å²) in [6, 6.07) is 12.6. The number of thiophene rings is 1. The first-order chi connectivity index (χ1) is 12.6. The Bertz CT molecular complexity index is 976. The van der Waals surface area contributed by atoms with E-state index in [1.807, 2.05) is 35.7 Å². The van der Waals surface area contributed by atoms with Gasteiger partial charge in [0.2, 0.25) is 10.0 Å². The molecule has 1 unspecified atom stereocenters. The minimum atomic E-state index is -3.71. The largest absolute Gasteiger partial charge is 0.381 e. The zero-order valence-electron chi connectivity index (χ0n) is 14.2. The second-order valence-electron chi connectivity index (χ2n) is 6.40. The maximum Gasteiger partial charge on any atom is 0.243 e. The highest BCUT2D eigenvalue weighted by atomic mass is 32.2. The average Bonchev–Trinajstić information content (AvgIpc) is 3.21. The normalized spacial score (nSPS) is 17.4. The van der Waals surface area contributed by atoms with Crippen LogP contribution in [0.4, 0.5) is 0 Å². The van der Waals surface area contributed by atoms with Crippen LogP contribution in [0.3, 0.4) is 0 Å². The van der Waals surface area contributed by atoms with Crippen LogP contribution >= 0.6 is 11.3 Å². The highest BCUT2D eigenvalue weighted by Gasteiger charge is 2.31. The predicted octanol–water partition coefficient (Wildman–Crippen LogP) is 3.74. The lowest BCUT2D eigenvalue weighted by Crippen LogP contribution is -2.35. The lowest BCUT2D eigenvalue weighted by atomic mass is 9.91. The zero-order chi connectivity index (χ0) is 18.0. The Morgan fingerprint density at radius 2 is 1.92 bits per heavy atom. The van der Waals surface area contributed by atoms with Gasteiger partial charge < -0.3 is 4.74 Å². The molecule has 0 aliphatic carbocycles. The van der Waals surface area contributed by atoms with Gasteiger partial charge in [0, 0.05) is 29.7 Å². The molecule has 2 aromatic heterocycles. The molecule has 3 aromatic rings. The molecule has 4 rings (SSSR count). The van der Waals surface area contributed by atoms with Gasteiger partial charge in [-0.1, -0.05) is 24.3 Å². The Morgan fingerprint density at radius 1 is 1.12 bits per heavy atom. The molecule has 0 amide bonds. The molecule has 1 saturated heterocycles. The fourth-order valence-corrected chi connectivity index (χ4v) is 5.84. The summed E-state index contributed by atoms with van der Waals surface area (Å²) in [5.41, 5.74) is 0.499. The number of hydrogen-bond donors (Lipinski definition) is 1. The molecule has 136 valence electrons. The minimum Gasteiger partial charge on any atom is -0.381 e. The summed E-state index contributed by atoms with van der Waals surface area (Å²) < 4.78 is 34.9. The van der Waals surface area contributed by atoms with E-state index in [0.29, 0.717) is 18.7 Å². The maximum absolute atomic E-state index is 13.2. The van der Waals surface area contributed by atoms with Crippen molar-refractivity contribution in [2.75, 3.05) is 13.2 Å². The molecule has 0 saturated carbocycles. The third-order valence-corrected chi connectivity index (χ3v) is 7.18. The van der Waals surface area contributed by atoms with Crippen LogP contribution < -0.4 is 4.72 Å². The number of fused-ring (bicyclic) bond motifs is 1. The van der Waals surface area contributed by atoms with E-state index in [9.17, 15) is 8.42 Å². The Morgan fingerprint density at radius 3 is 2.69 bits per heavy atom. The van der Waals surface area contributed by atoms with Crippen molar-refractivity contribution in [3.8, 4) is 0 Å². The Hall–Kier alpha value is -1.80. The van der Waals surface area contributed by atoms with Gasteiger partial charge in [0.25, 0.3) is 0 Å². The topological polar surface area (TPSA) is 68.3 Å². The third-order valence-electron chi connectivity index (χ3n) is 4.75. The standard InChI is InChI=1S/C19H20N2O3S2/c22-26(23,17-7-1-4-14-5-2-10-20-19(14)17)21-18(16-6-3-13-25-16)15-8-11-24-12-9-15/h1-7,10,13,15,18,21H,8-9,11-12H2. The molecule has 0 spiro atoms. The highest BCUT2D eigenvalue weighted by molar-refractivity contribution is 7.89. The quantitative estimate of drug-likeness (QED) is 0.723. The van der Waals surface area contributed by atoms with Crippen molar-refractivity contribution in [3.05, 3.63) is 58.9 Å². The lowest BCUT2D eigenvalue weighted by molar-refractivity contribution is 0.0568. The minimum absolute atomic E-state index is 0.222. The number of nitrogens with one attached hydrogen (secondary N) is 1. The number of pyridine rings is 1. The number of ether oxygens (including phenoxy) is 1. The smallest absolute Gasteiger partial charge is 0.243 e. The van der Waals surface area contributed by atoms with Gasteiger partial charge in [-0.05, 0) is 42.3 Å². The monoisotopic (exact) mass is 388 g/mol. The molecule has 1 aromatic carbocycles. The van der Waals surface area contributed by atoms with Crippen molar-refractivity contribution in [3.63, 3.8) is 0 Å². The summed E-state index contributed by atoms with van der Waals surface area (Å²) >= 11 is 1.58. The Kier molecular flexibility index (Phi) is 5.04. The van der Waals surface area contributed by atoms with Crippen molar-refractivity contribution >= 4 is 32.3 Å². The number of nitrogens with zero attached hydrogens (tertiary/aromatic N) is 1. The van der Waals surface area contributed by atoms with Gasteiger partial charge in [-0.3, -0.25) is 4.98 Å². The Balaban J connectivity index is 1.72. The summed E-state index contributed by atoms with van der Waals surface area (Å²) in [5.74, 6) is 0.222. The molecule has 5 nitrogen and oxygen atoms in total. The molecule has 1 aliphatic rings. The number of benzene rings is 1. The maximum atomic E-state index is 13.2. The number of rotatable bonds is 5. The molecule has 3 heterocycles. The number of sulfonamides is 1. The molecular weight excluding hydrogens is 368 g/mol. The molecule has 1 fully saturated rings. The summed E-state index contributed by atoms with van der Waals surface area (Å²) in [6.07, 6.45) is 3.31. The fraction of sp³-hybridized carbons (Fsp3) is 0.316. The molecule has 1 N–H and O–H groups in total. The van der Waals surface area contributed by atoms with E-state index >= 15 is 0 Å². The molecule has 7 heteroatoms. The van der Waals surface area contributed by atoms with Crippen LogP contribution in [0.5, 0.6) is 0 Å². The van der Waals surface area contributed by atoms with Gasteiger partial charge in [0.15, 0.2) is 0 Å². The summed E-state index contributed by atoms with van der Waals surface area (Å²) in [6.45, 7) is 1.34. The first-order valence-electron chi connectivity index (χ1n) is 8.62. The van der Waals surface area contributed by atoms with E-state index in [4.69, 9.17) is 4.74 Å². The molecule has 1 aliphatic heterocycles. The van der Waals surface area contributed by atoms with Crippen molar-refractivity contribution in [1.29, 1.82) is 0 Å². The van der Waals surface area contributed by atoms with Gasteiger partial charge in [-0.25, -0.2) is 13.1 Å². The first kappa shape index (κ1) is 17.6. The van der Waals surface area contributed by atoms with E-state index in [1.165, 1.54) is 0 Å². The first-order valence-corrected chi connectivity index (χ1v) is 11.0. The van der Waals surface area contributed by atoms with Crippen LogP contribution in [0.2, 0.25) is 0 Å². The third kappa shape index (κ3) is 3.53. The van der Waals surface area contributed by atoms with E-state index in [0.717, 1.165) is 23.1 Å². The fourth-order valence-electron chi connectivity index (χ4n) is 3.43. The number of para-hydroxylation sites is 1. The second-order valence-corrected chi connectivity index (χ2v) is 9.06. The predicted molar refractivity (Wildman–Crippen MR) is 103 cm³/mol. The van der Waals surface area contributed by atoms with Crippen LogP contribution in [-0.2, 0) is 14.8 Å². The molecule has 0 bridgehead atoms. The molecular formula is C19H20N2O3S2. The van der Waals surface area contributed by atoms with Crippen LogP contribution in [0.15, 0.2) is 58.9 Å². The van der Waals surface area contributed by atoms with Crippen LogP contribution in [0.1, 0.15) is 23.8 Å². The summed E-state index contributed by atoms with van der Waals surface area (Å²) in [7, 11) is -3.71. The zero-order valence-corrected chi connectivity index (χ0v) is 15.8. The number of hydrogen-bond acceptors (Lipinski definition) is 5. The lowest BCUT2D eigenvalue weighted by Gasteiger charge is -2.30. The van der Waals surface area contributed by atoms with E-state index in [2.05, 4.69) is 9.71 Å². The van der Waals surface area contributed by atoms with Crippen LogP contribution in [0, 0.1) is 5.92 Å². The highest BCUT2D eigenvalue weighted by Crippen LogP contribution is 2.34. The van der Waals surface area contributed by atoms with Gasteiger partial charge >= 0.3 is 0 Å². The van der Waals surface area contributed by atoms with Crippen LogP contribution in [0.25, 0.3) is 10.9 Å². The van der Waals surface area contributed by atoms with E-state index < -0.39 is 10.0 Å². The SMILES string of the molecule is O=S(=O)(NC(c1cccs1)C1CCOCC1)c1cccc2cccnc12. The van der Waals surface area contributed by atoms with Gasteiger partial charge in [-0.2, -0.15) is 0 Å². The number of aromatic nitrogens is 1. The average molecular weight is 389 g/mol.